The molecule has 0 radical (unpaired) electrons. The maximum absolute atomic E-state index is 13.1. The SMILES string of the molecule is COc1cccc(C2CCc3cc(Cl)c(Br)cc3N2C(=O)OC(C)(C)C)c1. The van der Waals surface area contributed by atoms with Gasteiger partial charge in [0.2, 0.25) is 0 Å². The first-order valence-corrected chi connectivity index (χ1v) is 10.0. The Bertz CT molecular complexity index is 863. The Labute approximate surface area is 173 Å². The molecule has 0 saturated heterocycles. The van der Waals surface area contributed by atoms with Crippen LogP contribution in [0.15, 0.2) is 40.9 Å². The van der Waals surface area contributed by atoms with Crippen LogP contribution in [0, 0.1) is 0 Å². The van der Waals surface area contributed by atoms with Gasteiger partial charge in [-0.15, -0.1) is 0 Å². The van der Waals surface area contributed by atoms with Gasteiger partial charge in [0, 0.05) is 4.47 Å². The van der Waals surface area contributed by atoms with Crippen LogP contribution in [-0.4, -0.2) is 18.8 Å². The van der Waals surface area contributed by atoms with Gasteiger partial charge in [0.1, 0.15) is 11.4 Å². The molecule has 3 rings (SSSR count). The summed E-state index contributed by atoms with van der Waals surface area (Å²) in [6.07, 6.45) is 1.23. The Kier molecular flexibility index (Phi) is 5.73. The zero-order valence-electron chi connectivity index (χ0n) is 15.9. The number of ether oxygens (including phenoxy) is 2. The van der Waals surface area contributed by atoms with Crippen molar-refractivity contribution in [2.75, 3.05) is 12.0 Å². The van der Waals surface area contributed by atoms with E-state index in [4.69, 9.17) is 21.1 Å². The van der Waals surface area contributed by atoms with Gasteiger partial charge in [-0.2, -0.15) is 0 Å². The van der Waals surface area contributed by atoms with Crippen molar-refractivity contribution in [1.29, 1.82) is 0 Å². The van der Waals surface area contributed by atoms with Crippen LogP contribution in [0.5, 0.6) is 5.75 Å². The third-order valence-electron chi connectivity index (χ3n) is 4.45. The summed E-state index contributed by atoms with van der Waals surface area (Å²) in [5.74, 6) is 0.764. The summed E-state index contributed by atoms with van der Waals surface area (Å²) in [4.78, 5) is 14.9. The monoisotopic (exact) mass is 451 g/mol. The molecule has 0 spiro atoms. The molecule has 2 aromatic carbocycles. The highest BCUT2D eigenvalue weighted by atomic mass is 79.9. The lowest BCUT2D eigenvalue weighted by molar-refractivity contribution is 0.0560. The predicted octanol–water partition coefficient (Wildman–Crippen LogP) is 6.54. The van der Waals surface area contributed by atoms with Crippen LogP contribution >= 0.6 is 27.5 Å². The molecule has 1 atom stereocenters. The van der Waals surface area contributed by atoms with Gasteiger partial charge in [-0.25, -0.2) is 4.79 Å². The molecule has 4 nitrogen and oxygen atoms in total. The maximum atomic E-state index is 13.1. The number of rotatable bonds is 2. The van der Waals surface area contributed by atoms with E-state index < -0.39 is 5.60 Å². The Balaban J connectivity index is 2.09. The second kappa shape index (κ2) is 7.72. The first-order valence-electron chi connectivity index (χ1n) is 8.83. The number of carbonyl (C=O) groups excluding carboxylic acids is 1. The molecular formula is C21H23BrClNO3. The normalized spacial score (nSPS) is 16.7. The number of hydrogen-bond acceptors (Lipinski definition) is 3. The quantitative estimate of drug-likeness (QED) is 0.519. The van der Waals surface area contributed by atoms with Crippen molar-refractivity contribution < 1.29 is 14.3 Å². The molecule has 0 saturated carbocycles. The zero-order valence-corrected chi connectivity index (χ0v) is 18.2. The third kappa shape index (κ3) is 4.41. The van der Waals surface area contributed by atoms with E-state index in [9.17, 15) is 4.79 Å². The standard InChI is InChI=1S/C21H23BrClNO3/c1-21(2,3)27-20(25)24-18(13-6-5-7-15(10-13)26-4)9-8-14-11-17(23)16(22)12-19(14)24/h5-7,10-12,18H,8-9H2,1-4H3. The highest BCUT2D eigenvalue weighted by molar-refractivity contribution is 9.10. The van der Waals surface area contributed by atoms with E-state index in [1.807, 2.05) is 57.2 Å². The van der Waals surface area contributed by atoms with Crippen LogP contribution in [0.1, 0.15) is 44.4 Å². The molecule has 2 aromatic rings. The van der Waals surface area contributed by atoms with E-state index >= 15 is 0 Å². The summed E-state index contributed by atoms with van der Waals surface area (Å²) in [7, 11) is 1.64. The van der Waals surface area contributed by atoms with Crippen molar-refractivity contribution in [1.82, 2.24) is 0 Å². The van der Waals surface area contributed by atoms with Crippen molar-refractivity contribution >= 4 is 39.3 Å². The summed E-state index contributed by atoms with van der Waals surface area (Å²) in [6.45, 7) is 5.61. The number of fused-ring (bicyclic) bond motifs is 1. The molecule has 0 N–H and O–H groups in total. The van der Waals surface area contributed by atoms with Gasteiger partial charge in [-0.1, -0.05) is 23.7 Å². The maximum Gasteiger partial charge on any atom is 0.415 e. The Hall–Kier alpha value is -1.72. The summed E-state index contributed by atoms with van der Waals surface area (Å²) < 4.78 is 11.8. The van der Waals surface area contributed by atoms with Crippen LogP contribution < -0.4 is 9.64 Å². The number of benzene rings is 2. The molecular weight excluding hydrogens is 430 g/mol. The van der Waals surface area contributed by atoms with E-state index in [0.29, 0.717) is 5.02 Å². The molecule has 0 bridgehead atoms. The smallest absolute Gasteiger partial charge is 0.415 e. The Morgan fingerprint density at radius 2 is 2.00 bits per heavy atom. The van der Waals surface area contributed by atoms with Gasteiger partial charge < -0.3 is 9.47 Å². The average molecular weight is 453 g/mol. The number of hydrogen-bond donors (Lipinski definition) is 0. The number of nitrogens with zero attached hydrogens (tertiary/aromatic N) is 1. The zero-order chi connectivity index (χ0) is 19.8. The number of anilines is 1. The van der Waals surface area contributed by atoms with Gasteiger partial charge in [-0.05, 0) is 84.9 Å². The molecule has 1 heterocycles. The molecule has 0 aliphatic carbocycles. The van der Waals surface area contributed by atoms with Crippen molar-refractivity contribution in [3.05, 3.63) is 57.0 Å². The van der Waals surface area contributed by atoms with Gasteiger partial charge in [0.05, 0.1) is 23.9 Å². The minimum Gasteiger partial charge on any atom is -0.497 e. The van der Waals surface area contributed by atoms with E-state index in [0.717, 1.165) is 39.9 Å². The highest BCUT2D eigenvalue weighted by Crippen LogP contribution is 2.43. The molecule has 1 unspecified atom stereocenters. The topological polar surface area (TPSA) is 38.8 Å². The molecule has 1 aliphatic rings. The van der Waals surface area contributed by atoms with E-state index in [1.54, 1.807) is 12.0 Å². The second-order valence-electron chi connectivity index (χ2n) is 7.58. The average Bonchev–Trinajstić information content (AvgIpc) is 2.60. The number of carbonyl (C=O) groups is 1. The third-order valence-corrected chi connectivity index (χ3v) is 5.65. The van der Waals surface area contributed by atoms with Crippen molar-refractivity contribution in [3.8, 4) is 5.75 Å². The van der Waals surface area contributed by atoms with E-state index in [2.05, 4.69) is 15.9 Å². The molecule has 0 aromatic heterocycles. The number of aryl methyl sites for hydroxylation is 1. The van der Waals surface area contributed by atoms with Gasteiger partial charge in [-0.3, -0.25) is 4.90 Å². The van der Waals surface area contributed by atoms with E-state index in [-0.39, 0.29) is 12.1 Å². The lowest BCUT2D eigenvalue weighted by Crippen LogP contribution is -2.42. The summed E-state index contributed by atoms with van der Waals surface area (Å²) >= 11 is 9.75. The number of halogens is 2. The molecule has 0 fully saturated rings. The first-order chi connectivity index (χ1) is 12.7. The largest absolute Gasteiger partial charge is 0.497 e. The summed E-state index contributed by atoms with van der Waals surface area (Å²) in [6, 6.07) is 11.5. The van der Waals surface area contributed by atoms with Crippen LogP contribution in [0.25, 0.3) is 0 Å². The molecule has 27 heavy (non-hydrogen) atoms. The lowest BCUT2D eigenvalue weighted by atomic mass is 9.91. The fourth-order valence-corrected chi connectivity index (χ4v) is 3.81. The van der Waals surface area contributed by atoms with Gasteiger partial charge in [0.25, 0.3) is 0 Å². The van der Waals surface area contributed by atoms with Gasteiger partial charge in [0.15, 0.2) is 0 Å². The summed E-state index contributed by atoms with van der Waals surface area (Å²) in [5, 5.41) is 0.637. The fraction of sp³-hybridized carbons (Fsp3) is 0.381. The van der Waals surface area contributed by atoms with E-state index in [1.165, 1.54) is 0 Å². The lowest BCUT2D eigenvalue weighted by Gasteiger charge is -2.38. The predicted molar refractivity (Wildman–Crippen MR) is 112 cm³/mol. The van der Waals surface area contributed by atoms with Crippen LogP contribution in [0.4, 0.5) is 10.5 Å². The van der Waals surface area contributed by atoms with Crippen LogP contribution in [0.3, 0.4) is 0 Å². The van der Waals surface area contributed by atoms with Crippen LogP contribution in [-0.2, 0) is 11.2 Å². The van der Waals surface area contributed by atoms with Crippen molar-refractivity contribution in [2.24, 2.45) is 0 Å². The van der Waals surface area contributed by atoms with Crippen molar-refractivity contribution in [3.63, 3.8) is 0 Å². The Morgan fingerprint density at radius 3 is 2.67 bits per heavy atom. The molecule has 6 heteroatoms. The van der Waals surface area contributed by atoms with Crippen LogP contribution in [0.2, 0.25) is 5.02 Å². The Morgan fingerprint density at radius 1 is 1.26 bits per heavy atom. The van der Waals surface area contributed by atoms with Gasteiger partial charge >= 0.3 is 6.09 Å². The molecule has 1 amide bonds. The minimum absolute atomic E-state index is 0.143. The summed E-state index contributed by atoms with van der Waals surface area (Å²) in [5.41, 5.74) is 2.28. The molecule has 144 valence electrons. The first kappa shape index (κ1) is 20.0. The second-order valence-corrected chi connectivity index (χ2v) is 8.84. The highest BCUT2D eigenvalue weighted by Gasteiger charge is 2.35. The number of amides is 1. The fourth-order valence-electron chi connectivity index (χ4n) is 3.29. The molecule has 1 aliphatic heterocycles. The minimum atomic E-state index is -0.586. The van der Waals surface area contributed by atoms with Crippen molar-refractivity contribution in [2.45, 2.75) is 45.3 Å². The number of methoxy groups -OCH3 is 1.